The zero-order valence-corrected chi connectivity index (χ0v) is 25.9. The van der Waals surface area contributed by atoms with Gasteiger partial charge in [0.1, 0.15) is 0 Å². The summed E-state index contributed by atoms with van der Waals surface area (Å²) in [6, 6.07) is 7.50. The maximum atomic E-state index is 12.0. The minimum atomic E-state index is -0.922. The van der Waals surface area contributed by atoms with Crippen molar-refractivity contribution in [3.63, 3.8) is 0 Å². The Morgan fingerprint density at radius 2 is 1.12 bits per heavy atom. The summed E-state index contributed by atoms with van der Waals surface area (Å²) in [6.07, 6.45) is 8.53. The quantitative estimate of drug-likeness (QED) is 0.202. The summed E-state index contributed by atoms with van der Waals surface area (Å²) in [7, 11) is 0. The van der Waals surface area contributed by atoms with E-state index in [-0.39, 0.29) is 0 Å². The molecule has 0 radical (unpaired) electrons. The summed E-state index contributed by atoms with van der Waals surface area (Å²) in [4.78, 5) is 30.3. The van der Waals surface area contributed by atoms with E-state index in [0.29, 0.717) is 34.7 Å². The number of hydrogen-bond donors (Lipinski definition) is 2. The first-order valence-electron chi connectivity index (χ1n) is 14.9. The summed E-state index contributed by atoms with van der Waals surface area (Å²) < 4.78 is 0. The predicted octanol–water partition coefficient (Wildman–Crippen LogP) is 7.26. The number of nitrogens with zero attached hydrogens (tertiary/aromatic N) is 2. The highest BCUT2D eigenvalue weighted by Gasteiger charge is 2.49. The lowest BCUT2D eigenvalue weighted by molar-refractivity contribution is 0.0727. The molecule has 2 aromatic heterocycles. The summed E-state index contributed by atoms with van der Waals surface area (Å²) >= 11 is 2.80. The molecule has 218 valence electrons. The van der Waals surface area contributed by atoms with E-state index in [1.807, 2.05) is 24.3 Å². The molecule has 4 rings (SSSR count). The van der Waals surface area contributed by atoms with Crippen LogP contribution in [0, 0.1) is 11.8 Å². The van der Waals surface area contributed by atoms with E-state index < -0.39 is 12.5 Å². The Morgan fingerprint density at radius 1 is 0.725 bits per heavy atom. The number of aldehydes is 2. The van der Waals surface area contributed by atoms with Gasteiger partial charge >= 0.3 is 0 Å². The summed E-state index contributed by atoms with van der Waals surface area (Å²) in [5, 5.41) is 24.1. The van der Waals surface area contributed by atoms with Gasteiger partial charge in [0, 0.05) is 24.2 Å². The normalized spacial score (nSPS) is 20.4. The van der Waals surface area contributed by atoms with Crippen LogP contribution in [0.2, 0.25) is 0 Å². The maximum Gasteiger partial charge on any atom is 0.160 e. The van der Waals surface area contributed by atoms with Crippen molar-refractivity contribution in [2.24, 2.45) is 11.8 Å². The third-order valence-electron chi connectivity index (χ3n) is 8.43. The van der Waals surface area contributed by atoms with Gasteiger partial charge in [-0.1, -0.05) is 66.2 Å². The molecule has 0 aromatic carbocycles. The van der Waals surface area contributed by atoms with Crippen molar-refractivity contribution >= 4 is 46.6 Å². The van der Waals surface area contributed by atoms with E-state index in [0.717, 1.165) is 96.2 Å². The minimum absolute atomic E-state index is 0.397. The summed E-state index contributed by atoms with van der Waals surface area (Å²) in [6.45, 7) is 10.1. The molecule has 4 atom stereocenters. The lowest BCUT2D eigenvalue weighted by atomic mass is 9.98. The molecule has 0 saturated heterocycles. The molecule has 4 heterocycles. The van der Waals surface area contributed by atoms with Gasteiger partial charge < -0.3 is 20.0 Å². The number of carbonyl (C=O) groups excluding carboxylic acids is 2. The molecule has 4 unspecified atom stereocenters. The number of carbonyl (C=O) groups is 2. The Balaban J connectivity index is 1.87. The Morgan fingerprint density at radius 3 is 1.43 bits per heavy atom. The van der Waals surface area contributed by atoms with Crippen LogP contribution in [0.15, 0.2) is 35.4 Å². The molecular formula is C32H44N2O4S2. The van der Waals surface area contributed by atoms with E-state index in [4.69, 9.17) is 0 Å². The first kappa shape index (κ1) is 30.7. The molecule has 0 aliphatic carbocycles. The number of aliphatic hydroxyl groups is 2. The highest BCUT2D eigenvalue weighted by molar-refractivity contribution is 7.15. The topological polar surface area (TPSA) is 81.1 Å². The van der Waals surface area contributed by atoms with Gasteiger partial charge in [0.25, 0.3) is 0 Å². The van der Waals surface area contributed by atoms with E-state index in [1.165, 1.54) is 22.7 Å². The van der Waals surface area contributed by atoms with Gasteiger partial charge in [-0.3, -0.25) is 9.59 Å². The fourth-order valence-corrected chi connectivity index (χ4v) is 7.85. The van der Waals surface area contributed by atoms with Gasteiger partial charge in [0.15, 0.2) is 25.0 Å². The van der Waals surface area contributed by atoms with Crippen LogP contribution in [0.3, 0.4) is 0 Å². The van der Waals surface area contributed by atoms with Gasteiger partial charge in [-0.25, -0.2) is 0 Å². The highest BCUT2D eigenvalue weighted by Crippen LogP contribution is 2.52. The average Bonchev–Trinajstić information content (AvgIpc) is 3.74. The van der Waals surface area contributed by atoms with Crippen LogP contribution >= 0.6 is 22.7 Å². The molecule has 2 N–H and O–H groups in total. The van der Waals surface area contributed by atoms with Crippen LogP contribution in [0.25, 0.3) is 11.4 Å². The van der Waals surface area contributed by atoms with Gasteiger partial charge in [-0.15, -0.1) is 22.7 Å². The second-order valence-corrected chi connectivity index (χ2v) is 13.3. The monoisotopic (exact) mass is 584 g/mol. The van der Waals surface area contributed by atoms with E-state index in [2.05, 4.69) is 37.5 Å². The molecule has 0 spiro atoms. The van der Waals surface area contributed by atoms with E-state index in [9.17, 15) is 19.8 Å². The lowest BCUT2D eigenvalue weighted by Crippen LogP contribution is -2.37. The third-order valence-corrected chi connectivity index (χ3v) is 10.5. The average molecular weight is 585 g/mol. The van der Waals surface area contributed by atoms with Crippen LogP contribution in [0.4, 0.5) is 0 Å². The summed E-state index contributed by atoms with van der Waals surface area (Å²) in [5.74, 6) is 0.794. The first-order chi connectivity index (χ1) is 19.4. The van der Waals surface area contributed by atoms with E-state index >= 15 is 0 Å². The Hall–Kier alpha value is -2.26. The van der Waals surface area contributed by atoms with Gasteiger partial charge in [-0.2, -0.15) is 0 Å². The van der Waals surface area contributed by atoms with Crippen molar-refractivity contribution in [2.75, 3.05) is 13.1 Å². The first-order valence-corrected chi connectivity index (χ1v) is 16.5. The van der Waals surface area contributed by atoms with Crippen LogP contribution in [0.1, 0.15) is 108 Å². The largest absolute Gasteiger partial charge is 0.369 e. The Labute approximate surface area is 247 Å². The molecule has 0 amide bonds. The second kappa shape index (κ2) is 14.1. The van der Waals surface area contributed by atoms with Crippen LogP contribution in [-0.4, -0.2) is 58.1 Å². The zero-order chi connectivity index (χ0) is 28.8. The second-order valence-electron chi connectivity index (χ2n) is 11.0. The Bertz CT molecular complexity index is 1130. The van der Waals surface area contributed by atoms with Crippen molar-refractivity contribution in [3.05, 3.63) is 54.9 Å². The van der Waals surface area contributed by atoms with Crippen LogP contribution in [0.5, 0.6) is 0 Å². The molecular weight excluding hydrogens is 540 g/mol. The molecule has 6 nitrogen and oxygen atoms in total. The minimum Gasteiger partial charge on any atom is -0.369 e. The maximum absolute atomic E-state index is 12.0. The molecule has 2 aliphatic rings. The van der Waals surface area contributed by atoms with Crippen molar-refractivity contribution < 1.29 is 19.8 Å². The van der Waals surface area contributed by atoms with E-state index in [1.54, 1.807) is 0 Å². The third kappa shape index (κ3) is 6.15. The van der Waals surface area contributed by atoms with Gasteiger partial charge in [0.05, 0.1) is 30.9 Å². The lowest BCUT2D eigenvalue weighted by Gasteiger charge is -2.34. The molecule has 0 bridgehead atoms. The SMILES string of the molecule is CCCCC(CC)CN1C(c2ccc(C=O)s2)=C2C(=C(c3ccc(C=O)s3)N(CC(CC)CCCC)C2O)C1O. The molecule has 0 saturated carbocycles. The van der Waals surface area contributed by atoms with Crippen LogP contribution in [-0.2, 0) is 0 Å². The number of unbranched alkanes of at least 4 members (excludes halogenated alkanes) is 2. The number of thiophene rings is 2. The van der Waals surface area contributed by atoms with Crippen molar-refractivity contribution in [3.8, 4) is 0 Å². The predicted molar refractivity (Wildman–Crippen MR) is 165 cm³/mol. The Kier molecular flexibility index (Phi) is 10.8. The van der Waals surface area contributed by atoms with Gasteiger partial charge in [-0.05, 0) is 48.9 Å². The number of rotatable bonds is 16. The van der Waals surface area contributed by atoms with Crippen LogP contribution < -0.4 is 0 Å². The molecule has 8 heteroatoms. The molecule has 40 heavy (non-hydrogen) atoms. The summed E-state index contributed by atoms with van der Waals surface area (Å²) in [5.41, 5.74) is 3.13. The fourth-order valence-electron chi connectivity index (χ4n) is 6.05. The van der Waals surface area contributed by atoms with Crippen molar-refractivity contribution in [2.45, 2.75) is 91.5 Å². The standard InChI is InChI=1S/C32H44N2O4S2/c1-5-9-11-21(7-3)17-33-29(25-15-13-23(19-35)39-25)27-28(31(33)37)30(26-16-14-24(20-36)40-26)34(32(27)38)18-22(8-4)12-10-6-2/h13-16,19-22,31-32,37-38H,5-12,17-18H2,1-4H3. The molecule has 2 aliphatic heterocycles. The fraction of sp³-hybridized carbons (Fsp3) is 0.562. The van der Waals surface area contributed by atoms with Crippen molar-refractivity contribution in [1.29, 1.82) is 0 Å². The highest BCUT2D eigenvalue weighted by atomic mass is 32.1. The number of hydrogen-bond acceptors (Lipinski definition) is 8. The van der Waals surface area contributed by atoms with Gasteiger partial charge in [0.2, 0.25) is 0 Å². The molecule has 0 fully saturated rings. The number of aliphatic hydroxyl groups excluding tert-OH is 2. The van der Waals surface area contributed by atoms with Crippen molar-refractivity contribution in [1.82, 2.24) is 9.80 Å². The number of fused-ring (bicyclic) bond motifs is 1. The molecule has 2 aromatic rings. The zero-order valence-electron chi connectivity index (χ0n) is 24.3. The smallest absolute Gasteiger partial charge is 0.160 e.